The van der Waals surface area contributed by atoms with Crippen molar-refractivity contribution >= 4 is 17.5 Å². The molecule has 4 heteroatoms. The first-order valence-electron chi connectivity index (χ1n) is 10.6. The fourth-order valence-corrected chi connectivity index (χ4v) is 4.10. The minimum Gasteiger partial charge on any atom is -0.317 e. The van der Waals surface area contributed by atoms with Crippen molar-refractivity contribution in [2.24, 2.45) is 10.6 Å². The van der Waals surface area contributed by atoms with Crippen LogP contribution in [0.25, 0.3) is 0 Å². The molecule has 3 aromatic rings. The first-order valence-corrected chi connectivity index (χ1v) is 10.6. The van der Waals surface area contributed by atoms with E-state index in [9.17, 15) is 9.59 Å². The summed E-state index contributed by atoms with van der Waals surface area (Å²) in [7, 11) is 0. The van der Waals surface area contributed by atoms with Crippen LogP contribution in [0.15, 0.2) is 96.2 Å². The Balaban J connectivity index is 1.55. The van der Waals surface area contributed by atoms with Crippen LogP contribution in [-0.2, 0) is 27.3 Å². The zero-order valence-corrected chi connectivity index (χ0v) is 17.4. The third-order valence-electron chi connectivity index (χ3n) is 5.83. The number of rotatable bonds is 9. The van der Waals surface area contributed by atoms with Crippen molar-refractivity contribution < 1.29 is 14.4 Å². The summed E-state index contributed by atoms with van der Waals surface area (Å²) in [5.74, 6) is -0.241. The average Bonchev–Trinajstić information content (AvgIpc) is 3.14. The monoisotopic (exact) mass is 411 g/mol. The van der Waals surface area contributed by atoms with Gasteiger partial charge in [0, 0.05) is 18.4 Å². The second kappa shape index (κ2) is 9.52. The van der Waals surface area contributed by atoms with E-state index < -0.39 is 5.41 Å². The Labute approximate surface area is 182 Å². The molecule has 0 saturated carbocycles. The fraction of sp³-hybridized carbons (Fsp3) is 0.222. The van der Waals surface area contributed by atoms with Crippen LogP contribution in [-0.4, -0.2) is 17.5 Å². The zero-order valence-electron chi connectivity index (χ0n) is 17.4. The van der Waals surface area contributed by atoms with Gasteiger partial charge < -0.3 is 4.84 Å². The second-order valence-corrected chi connectivity index (χ2v) is 7.95. The number of carbonyl (C=O) groups excluding carboxylic acids is 2. The number of benzene rings is 3. The van der Waals surface area contributed by atoms with Gasteiger partial charge in [0.15, 0.2) is 0 Å². The predicted octanol–water partition coefficient (Wildman–Crippen LogP) is 5.16. The van der Waals surface area contributed by atoms with Crippen LogP contribution >= 0.6 is 0 Å². The van der Waals surface area contributed by atoms with Gasteiger partial charge in [0.05, 0.1) is 0 Å². The Kier molecular flexibility index (Phi) is 6.37. The molecule has 1 heterocycles. The highest BCUT2D eigenvalue weighted by Crippen LogP contribution is 2.39. The van der Waals surface area contributed by atoms with E-state index in [0.717, 1.165) is 16.7 Å². The van der Waals surface area contributed by atoms with Crippen molar-refractivity contribution in [2.75, 3.05) is 0 Å². The zero-order chi connectivity index (χ0) is 21.5. The van der Waals surface area contributed by atoms with Gasteiger partial charge in [-0.25, -0.2) is 4.79 Å². The van der Waals surface area contributed by atoms with E-state index in [4.69, 9.17) is 4.84 Å². The Morgan fingerprint density at radius 2 is 1.35 bits per heavy atom. The number of hydrogen-bond acceptors (Lipinski definition) is 4. The summed E-state index contributed by atoms with van der Waals surface area (Å²) in [5.41, 5.74) is 2.65. The summed E-state index contributed by atoms with van der Waals surface area (Å²) < 4.78 is 0. The summed E-state index contributed by atoms with van der Waals surface area (Å²) >= 11 is 0. The molecule has 0 fully saturated rings. The molecule has 0 aromatic heterocycles. The highest BCUT2D eigenvalue weighted by atomic mass is 16.7. The molecule has 0 radical (unpaired) electrons. The molecule has 0 spiro atoms. The Morgan fingerprint density at radius 1 is 0.774 bits per heavy atom. The van der Waals surface area contributed by atoms with Gasteiger partial charge in [-0.2, -0.15) is 0 Å². The fourth-order valence-electron chi connectivity index (χ4n) is 4.10. The predicted molar refractivity (Wildman–Crippen MR) is 121 cm³/mol. The molecule has 1 atom stereocenters. The summed E-state index contributed by atoms with van der Waals surface area (Å²) in [5, 5.41) is 4.16. The lowest BCUT2D eigenvalue weighted by Gasteiger charge is -2.26. The second-order valence-electron chi connectivity index (χ2n) is 7.95. The lowest BCUT2D eigenvalue weighted by atomic mass is 9.71. The van der Waals surface area contributed by atoms with Crippen LogP contribution in [0, 0.1) is 5.41 Å². The molecule has 3 aromatic carbocycles. The first kappa shape index (κ1) is 20.7. The molecular formula is C27H25NO3. The molecule has 31 heavy (non-hydrogen) atoms. The molecule has 156 valence electrons. The van der Waals surface area contributed by atoms with E-state index in [1.807, 2.05) is 91.0 Å². The van der Waals surface area contributed by atoms with Gasteiger partial charge in [-0.1, -0.05) is 96.2 Å². The number of hydrogen-bond donors (Lipinski definition) is 0. The van der Waals surface area contributed by atoms with E-state index >= 15 is 0 Å². The van der Waals surface area contributed by atoms with E-state index in [1.54, 1.807) is 0 Å². The molecule has 0 unspecified atom stereocenters. The molecule has 4 nitrogen and oxygen atoms in total. The summed E-state index contributed by atoms with van der Waals surface area (Å²) in [6.07, 6.45) is 2.29. The van der Waals surface area contributed by atoms with E-state index in [-0.39, 0.29) is 11.8 Å². The highest BCUT2D eigenvalue weighted by molar-refractivity contribution is 6.18. The molecule has 0 bridgehead atoms. The highest BCUT2D eigenvalue weighted by Gasteiger charge is 2.50. The number of Topliss-reactive ketones (excluding diaryl/α,β-unsaturated/α-hetero) is 1. The average molecular weight is 412 g/mol. The molecule has 1 aliphatic heterocycles. The van der Waals surface area contributed by atoms with Crippen molar-refractivity contribution in [1.29, 1.82) is 0 Å². The molecule has 0 amide bonds. The van der Waals surface area contributed by atoms with Crippen molar-refractivity contribution in [3.63, 3.8) is 0 Å². The number of oxime groups is 1. The summed E-state index contributed by atoms with van der Waals surface area (Å²) in [6, 6.07) is 29.4. The molecule has 0 saturated heterocycles. The van der Waals surface area contributed by atoms with E-state index in [0.29, 0.717) is 37.8 Å². The summed E-state index contributed by atoms with van der Waals surface area (Å²) in [6.45, 7) is 0. The van der Waals surface area contributed by atoms with E-state index in [1.165, 1.54) is 0 Å². The van der Waals surface area contributed by atoms with Crippen molar-refractivity contribution in [2.45, 2.75) is 32.1 Å². The van der Waals surface area contributed by atoms with Gasteiger partial charge in [0.2, 0.25) is 0 Å². The van der Waals surface area contributed by atoms with Crippen molar-refractivity contribution in [3.05, 3.63) is 108 Å². The van der Waals surface area contributed by atoms with Crippen molar-refractivity contribution in [1.82, 2.24) is 0 Å². The van der Waals surface area contributed by atoms with Gasteiger partial charge in [0.25, 0.3) is 0 Å². The lowest BCUT2D eigenvalue weighted by molar-refractivity contribution is -0.148. The minimum atomic E-state index is -0.967. The quantitative estimate of drug-likeness (QED) is 0.457. The molecule has 0 N–H and O–H groups in total. The first-order chi connectivity index (χ1) is 15.2. The largest absolute Gasteiger partial charge is 0.347 e. The topological polar surface area (TPSA) is 55.7 Å². The molecular weight excluding hydrogens is 386 g/mol. The maximum atomic E-state index is 13.0. The van der Waals surface area contributed by atoms with Crippen LogP contribution in [0.4, 0.5) is 0 Å². The van der Waals surface area contributed by atoms with Crippen LogP contribution in [0.5, 0.6) is 0 Å². The Bertz CT molecular complexity index is 1060. The standard InChI is InChI=1S/C27H25NO3/c29-24(17-16-21-10-4-1-5-11-21)18-19-27(20-22-12-6-2-7-13-22)25(28-31-26(27)30)23-14-8-3-9-15-23/h1-15H,16-20H2/t27-/m0/s1. The van der Waals surface area contributed by atoms with Crippen LogP contribution in [0.1, 0.15) is 36.0 Å². The number of nitrogens with zero attached hydrogens (tertiary/aromatic N) is 1. The van der Waals surface area contributed by atoms with Crippen molar-refractivity contribution in [3.8, 4) is 0 Å². The lowest BCUT2D eigenvalue weighted by Crippen LogP contribution is -2.39. The Morgan fingerprint density at radius 3 is 2.00 bits per heavy atom. The minimum absolute atomic E-state index is 0.142. The SMILES string of the molecule is O=C(CCc1ccccc1)CC[C@@]1(Cc2ccccc2)C(=O)ON=C1c1ccccc1. The molecule has 0 aliphatic carbocycles. The van der Waals surface area contributed by atoms with Crippen LogP contribution in [0.3, 0.4) is 0 Å². The van der Waals surface area contributed by atoms with Crippen LogP contribution in [0.2, 0.25) is 0 Å². The van der Waals surface area contributed by atoms with Gasteiger partial charge in [0.1, 0.15) is 16.9 Å². The number of carbonyl (C=O) groups is 2. The Hall–Kier alpha value is -3.53. The number of ketones is 1. The van der Waals surface area contributed by atoms with Crippen LogP contribution < -0.4 is 0 Å². The third kappa shape index (κ3) is 4.80. The number of aryl methyl sites for hydroxylation is 1. The maximum Gasteiger partial charge on any atom is 0.347 e. The third-order valence-corrected chi connectivity index (χ3v) is 5.83. The van der Waals surface area contributed by atoms with E-state index in [2.05, 4.69) is 5.16 Å². The van der Waals surface area contributed by atoms with Gasteiger partial charge in [-0.3, -0.25) is 4.79 Å². The smallest absolute Gasteiger partial charge is 0.317 e. The van der Waals surface area contributed by atoms with Gasteiger partial charge >= 0.3 is 5.97 Å². The molecule has 4 rings (SSSR count). The van der Waals surface area contributed by atoms with Gasteiger partial charge in [-0.05, 0) is 30.4 Å². The molecule has 1 aliphatic rings. The normalized spacial score (nSPS) is 17.8. The van der Waals surface area contributed by atoms with Gasteiger partial charge in [-0.15, -0.1) is 0 Å². The summed E-state index contributed by atoms with van der Waals surface area (Å²) in [4.78, 5) is 31.0. The maximum absolute atomic E-state index is 13.0.